The molecule has 34 heavy (non-hydrogen) atoms. The molecule has 0 atom stereocenters. The van der Waals surface area contributed by atoms with Crippen LogP contribution in [0.2, 0.25) is 5.02 Å². The van der Waals surface area contributed by atoms with E-state index in [4.69, 9.17) is 11.6 Å². The Morgan fingerprint density at radius 3 is 2.38 bits per heavy atom. The van der Waals surface area contributed by atoms with Crippen LogP contribution in [-0.2, 0) is 23.1 Å². The fourth-order valence-electron chi connectivity index (χ4n) is 3.72. The van der Waals surface area contributed by atoms with Crippen LogP contribution in [0.3, 0.4) is 0 Å². The van der Waals surface area contributed by atoms with Gasteiger partial charge in [-0.1, -0.05) is 59.3 Å². The van der Waals surface area contributed by atoms with E-state index in [1.54, 1.807) is 0 Å². The van der Waals surface area contributed by atoms with Crippen molar-refractivity contribution >= 4 is 49.1 Å². The van der Waals surface area contributed by atoms with Crippen LogP contribution in [0.5, 0.6) is 0 Å². The van der Waals surface area contributed by atoms with Gasteiger partial charge in [0.05, 0.1) is 20.1 Å². The van der Waals surface area contributed by atoms with Crippen molar-refractivity contribution in [3.63, 3.8) is 0 Å². The normalized spacial score (nSPS) is 12.6. The van der Waals surface area contributed by atoms with E-state index in [9.17, 15) is 13.2 Å². The number of carbonyl (C=O) groups excluding carboxylic acids is 1. The van der Waals surface area contributed by atoms with Gasteiger partial charge in [-0.2, -0.15) is 9.30 Å². The smallest absolute Gasteiger partial charge is 0.279 e. The van der Waals surface area contributed by atoms with E-state index in [2.05, 4.69) is 4.99 Å². The lowest BCUT2D eigenvalue weighted by molar-refractivity contribution is 0.0997. The fourth-order valence-corrected chi connectivity index (χ4v) is 6.32. The van der Waals surface area contributed by atoms with E-state index >= 15 is 0 Å². The molecule has 0 fully saturated rings. The fraction of sp³-hybridized carbons (Fsp3) is 0.200. The number of thiazole rings is 1. The average molecular weight is 514 g/mol. The van der Waals surface area contributed by atoms with Gasteiger partial charge in [0.2, 0.25) is 10.0 Å². The van der Waals surface area contributed by atoms with Crippen molar-refractivity contribution in [3.05, 3.63) is 93.2 Å². The van der Waals surface area contributed by atoms with Crippen molar-refractivity contribution in [1.29, 1.82) is 0 Å². The summed E-state index contributed by atoms with van der Waals surface area (Å²) in [4.78, 5) is 17.9. The van der Waals surface area contributed by atoms with Gasteiger partial charge in [0.15, 0.2) is 4.80 Å². The highest BCUT2D eigenvalue weighted by molar-refractivity contribution is 7.89. The maximum absolute atomic E-state index is 13.0. The standard InChI is InChI=1S/C25H24ClN3O3S2/c1-4-29-22-17(2)10-15-21(26)23(22)33-25(29)27-24(30)19-11-13-20(14-12-19)34(31,32)28(3)16-18-8-6-5-7-9-18/h5-15H,4,16H2,1-3H3. The number of sulfonamides is 1. The summed E-state index contributed by atoms with van der Waals surface area (Å²) in [5.41, 5.74) is 3.23. The Kier molecular flexibility index (Phi) is 7.04. The molecule has 0 aliphatic carbocycles. The third kappa shape index (κ3) is 4.72. The summed E-state index contributed by atoms with van der Waals surface area (Å²) < 4.78 is 30.1. The number of halogens is 1. The van der Waals surface area contributed by atoms with Crippen molar-refractivity contribution in [2.45, 2.75) is 31.8 Å². The summed E-state index contributed by atoms with van der Waals surface area (Å²) in [6.07, 6.45) is 0. The molecule has 0 unspecified atom stereocenters. The van der Waals surface area contributed by atoms with Gasteiger partial charge in [-0.3, -0.25) is 4.79 Å². The molecule has 0 N–H and O–H groups in total. The van der Waals surface area contributed by atoms with Crippen LogP contribution in [0.15, 0.2) is 76.6 Å². The molecule has 4 rings (SSSR count). The number of fused-ring (bicyclic) bond motifs is 1. The first-order valence-corrected chi connectivity index (χ1v) is 13.3. The lowest BCUT2D eigenvalue weighted by Crippen LogP contribution is -2.26. The van der Waals surface area contributed by atoms with Crippen molar-refractivity contribution in [2.75, 3.05) is 7.05 Å². The van der Waals surface area contributed by atoms with E-state index in [-0.39, 0.29) is 11.4 Å². The molecule has 0 aliphatic rings. The molecule has 1 amide bonds. The van der Waals surface area contributed by atoms with E-state index in [0.29, 0.717) is 21.9 Å². The Morgan fingerprint density at radius 2 is 1.74 bits per heavy atom. The van der Waals surface area contributed by atoms with E-state index in [1.165, 1.54) is 47.0 Å². The van der Waals surface area contributed by atoms with Crippen LogP contribution >= 0.6 is 22.9 Å². The van der Waals surface area contributed by atoms with Crippen LogP contribution < -0.4 is 4.80 Å². The number of aryl methyl sites for hydroxylation is 2. The molecule has 6 nitrogen and oxygen atoms in total. The number of hydrogen-bond acceptors (Lipinski definition) is 4. The Labute approximate surface area is 207 Å². The van der Waals surface area contributed by atoms with E-state index < -0.39 is 15.9 Å². The highest BCUT2D eigenvalue weighted by Gasteiger charge is 2.21. The molecule has 0 radical (unpaired) electrons. The first-order valence-electron chi connectivity index (χ1n) is 10.7. The zero-order valence-corrected chi connectivity index (χ0v) is 21.4. The average Bonchev–Trinajstić information content (AvgIpc) is 3.21. The second kappa shape index (κ2) is 9.84. The van der Waals surface area contributed by atoms with Crippen molar-refractivity contribution in [1.82, 2.24) is 8.87 Å². The molecule has 1 aromatic heterocycles. The number of carbonyl (C=O) groups is 1. The molecule has 0 bridgehead atoms. The summed E-state index contributed by atoms with van der Waals surface area (Å²) in [6.45, 7) is 4.88. The van der Waals surface area contributed by atoms with Gasteiger partial charge in [-0.15, -0.1) is 0 Å². The molecule has 9 heteroatoms. The molecular weight excluding hydrogens is 490 g/mol. The Balaban J connectivity index is 1.62. The number of benzene rings is 3. The Hall–Kier alpha value is -2.78. The third-order valence-corrected chi connectivity index (χ3v) is 8.91. The topological polar surface area (TPSA) is 71.7 Å². The summed E-state index contributed by atoms with van der Waals surface area (Å²) in [7, 11) is -2.16. The summed E-state index contributed by atoms with van der Waals surface area (Å²) in [5.74, 6) is -0.441. The zero-order valence-electron chi connectivity index (χ0n) is 19.0. The first kappa shape index (κ1) is 24.3. The van der Waals surface area contributed by atoms with Gasteiger partial charge in [0, 0.05) is 25.7 Å². The minimum atomic E-state index is -3.70. The van der Waals surface area contributed by atoms with Crippen LogP contribution in [-0.4, -0.2) is 30.2 Å². The summed E-state index contributed by atoms with van der Waals surface area (Å²) in [6, 6.07) is 19.0. The third-order valence-electron chi connectivity index (χ3n) is 5.55. The minimum absolute atomic E-state index is 0.121. The molecular formula is C25H24ClN3O3S2. The predicted octanol–water partition coefficient (Wildman–Crippen LogP) is 5.25. The number of hydrogen-bond donors (Lipinski definition) is 0. The van der Waals surface area contributed by atoms with E-state index in [1.807, 2.05) is 60.9 Å². The molecule has 0 spiro atoms. The molecule has 0 saturated heterocycles. The Bertz CT molecular complexity index is 1520. The molecule has 0 saturated carbocycles. The van der Waals surface area contributed by atoms with E-state index in [0.717, 1.165) is 21.3 Å². The van der Waals surface area contributed by atoms with Crippen LogP contribution in [0.1, 0.15) is 28.4 Å². The number of rotatable bonds is 6. The predicted molar refractivity (Wildman–Crippen MR) is 137 cm³/mol. The van der Waals surface area contributed by atoms with Gasteiger partial charge in [0.25, 0.3) is 5.91 Å². The van der Waals surface area contributed by atoms with Crippen molar-refractivity contribution < 1.29 is 13.2 Å². The van der Waals surface area contributed by atoms with Gasteiger partial charge >= 0.3 is 0 Å². The van der Waals surface area contributed by atoms with Gasteiger partial charge in [-0.05, 0) is 55.3 Å². The molecule has 3 aromatic carbocycles. The SMILES string of the molecule is CCn1c(=NC(=O)c2ccc(S(=O)(=O)N(C)Cc3ccccc3)cc2)sc2c(Cl)ccc(C)c21. The second-order valence-electron chi connectivity index (χ2n) is 7.86. The Morgan fingerprint density at radius 1 is 1.06 bits per heavy atom. The first-order chi connectivity index (χ1) is 16.2. The lowest BCUT2D eigenvalue weighted by atomic mass is 10.2. The maximum Gasteiger partial charge on any atom is 0.279 e. The lowest BCUT2D eigenvalue weighted by Gasteiger charge is -2.17. The molecule has 176 valence electrons. The number of nitrogens with zero attached hydrogens (tertiary/aromatic N) is 3. The van der Waals surface area contributed by atoms with Crippen LogP contribution in [0.4, 0.5) is 0 Å². The number of amides is 1. The molecule has 1 heterocycles. The summed E-state index contributed by atoms with van der Waals surface area (Å²) in [5, 5.41) is 0.621. The largest absolute Gasteiger partial charge is 0.316 e. The molecule has 0 aliphatic heterocycles. The van der Waals surface area contributed by atoms with Gasteiger partial charge < -0.3 is 4.57 Å². The van der Waals surface area contributed by atoms with Gasteiger partial charge in [-0.25, -0.2) is 8.42 Å². The van der Waals surface area contributed by atoms with Crippen molar-refractivity contribution in [3.8, 4) is 0 Å². The molecule has 4 aromatic rings. The highest BCUT2D eigenvalue weighted by atomic mass is 35.5. The van der Waals surface area contributed by atoms with Crippen molar-refractivity contribution in [2.24, 2.45) is 4.99 Å². The van der Waals surface area contributed by atoms with Gasteiger partial charge in [0.1, 0.15) is 0 Å². The monoisotopic (exact) mass is 513 g/mol. The van der Waals surface area contributed by atoms with Crippen LogP contribution in [0.25, 0.3) is 10.2 Å². The minimum Gasteiger partial charge on any atom is -0.316 e. The quantitative estimate of drug-likeness (QED) is 0.353. The highest BCUT2D eigenvalue weighted by Crippen LogP contribution is 2.29. The maximum atomic E-state index is 13.0. The number of aromatic nitrogens is 1. The zero-order chi connectivity index (χ0) is 24.5. The second-order valence-corrected chi connectivity index (χ2v) is 11.3. The summed E-state index contributed by atoms with van der Waals surface area (Å²) >= 11 is 7.74. The van der Waals surface area contributed by atoms with Crippen LogP contribution in [0, 0.1) is 6.92 Å².